The average molecular weight is 403 g/mol. The number of halogens is 1. The van der Waals surface area contributed by atoms with E-state index in [4.69, 9.17) is 4.74 Å². The molecular formula is C16H26IN3O. The van der Waals surface area contributed by atoms with Crippen LogP contribution in [0.2, 0.25) is 0 Å². The monoisotopic (exact) mass is 403 g/mol. The standard InChI is InChI=1S/C16H25N3O.HI/c1-3-20-10-9-18-16(17-2)19-12-13-7-8-14-5-4-6-15(14)11-13;/h7-8,11H,3-6,9-10,12H2,1-2H3,(H2,17,18,19);1H. The Balaban J connectivity index is 0.00000220. The second kappa shape index (κ2) is 10.00. The lowest BCUT2D eigenvalue weighted by Crippen LogP contribution is -2.38. The molecule has 0 radical (unpaired) electrons. The highest BCUT2D eigenvalue weighted by molar-refractivity contribution is 14.0. The number of hydrogen-bond donors (Lipinski definition) is 2. The molecule has 0 unspecified atom stereocenters. The maximum Gasteiger partial charge on any atom is 0.191 e. The van der Waals surface area contributed by atoms with Gasteiger partial charge in [-0.2, -0.15) is 0 Å². The molecule has 0 amide bonds. The number of aryl methyl sites for hydroxylation is 2. The van der Waals surface area contributed by atoms with E-state index in [0.29, 0.717) is 6.61 Å². The van der Waals surface area contributed by atoms with Gasteiger partial charge in [-0.25, -0.2) is 0 Å². The molecule has 0 spiro atoms. The summed E-state index contributed by atoms with van der Waals surface area (Å²) in [5, 5.41) is 6.58. The van der Waals surface area contributed by atoms with Crippen LogP contribution in [0, 0.1) is 0 Å². The molecule has 2 N–H and O–H groups in total. The molecule has 5 heteroatoms. The molecule has 1 aromatic carbocycles. The molecule has 0 saturated heterocycles. The minimum Gasteiger partial charge on any atom is -0.380 e. The van der Waals surface area contributed by atoms with Gasteiger partial charge in [0.25, 0.3) is 0 Å². The fourth-order valence-electron chi connectivity index (χ4n) is 2.53. The highest BCUT2D eigenvalue weighted by atomic mass is 127. The first-order chi connectivity index (χ1) is 9.83. The molecule has 0 heterocycles. The molecule has 0 atom stereocenters. The highest BCUT2D eigenvalue weighted by Crippen LogP contribution is 2.22. The summed E-state index contributed by atoms with van der Waals surface area (Å²) >= 11 is 0. The molecule has 1 aliphatic carbocycles. The molecule has 2 rings (SSSR count). The van der Waals surface area contributed by atoms with Crippen LogP contribution in [0.1, 0.15) is 30.0 Å². The molecule has 0 saturated carbocycles. The third kappa shape index (κ3) is 5.82. The average Bonchev–Trinajstić information content (AvgIpc) is 2.94. The van der Waals surface area contributed by atoms with E-state index in [1.807, 2.05) is 6.92 Å². The van der Waals surface area contributed by atoms with Crippen LogP contribution >= 0.6 is 24.0 Å². The van der Waals surface area contributed by atoms with Crippen molar-refractivity contribution in [2.45, 2.75) is 32.7 Å². The maximum absolute atomic E-state index is 5.30. The normalized spacial score (nSPS) is 13.5. The molecule has 21 heavy (non-hydrogen) atoms. The first kappa shape index (κ1) is 18.2. The summed E-state index contributed by atoms with van der Waals surface area (Å²) < 4.78 is 5.30. The Morgan fingerprint density at radius 3 is 2.81 bits per heavy atom. The minimum absolute atomic E-state index is 0. The van der Waals surface area contributed by atoms with Crippen molar-refractivity contribution in [2.24, 2.45) is 4.99 Å². The van der Waals surface area contributed by atoms with Gasteiger partial charge < -0.3 is 15.4 Å². The Kier molecular flexibility index (Phi) is 8.68. The molecule has 0 bridgehead atoms. The first-order valence-corrected chi connectivity index (χ1v) is 7.46. The number of aliphatic imine (C=N–C) groups is 1. The largest absolute Gasteiger partial charge is 0.380 e. The van der Waals surface area contributed by atoms with Crippen LogP contribution in [-0.2, 0) is 24.1 Å². The van der Waals surface area contributed by atoms with Crippen LogP contribution in [-0.4, -0.2) is 32.8 Å². The van der Waals surface area contributed by atoms with Crippen molar-refractivity contribution in [2.75, 3.05) is 26.8 Å². The number of ether oxygens (including phenoxy) is 1. The van der Waals surface area contributed by atoms with Crippen molar-refractivity contribution in [3.8, 4) is 0 Å². The van der Waals surface area contributed by atoms with Crippen LogP contribution < -0.4 is 10.6 Å². The summed E-state index contributed by atoms with van der Waals surface area (Å²) in [7, 11) is 1.79. The Bertz CT molecular complexity index is 463. The van der Waals surface area contributed by atoms with Gasteiger partial charge in [0, 0.05) is 26.7 Å². The molecule has 0 fully saturated rings. The smallest absolute Gasteiger partial charge is 0.191 e. The second-order valence-electron chi connectivity index (χ2n) is 5.01. The van der Waals surface area contributed by atoms with Crippen molar-refractivity contribution in [1.82, 2.24) is 10.6 Å². The number of rotatable bonds is 6. The predicted octanol–water partition coefficient (Wildman–Crippen LogP) is 2.49. The number of nitrogens with one attached hydrogen (secondary N) is 2. The molecule has 118 valence electrons. The number of nitrogens with zero attached hydrogens (tertiary/aromatic N) is 1. The van der Waals surface area contributed by atoms with E-state index in [-0.39, 0.29) is 24.0 Å². The van der Waals surface area contributed by atoms with Crippen molar-refractivity contribution >= 4 is 29.9 Å². The summed E-state index contributed by atoms with van der Waals surface area (Å²) in [4.78, 5) is 4.21. The lowest BCUT2D eigenvalue weighted by molar-refractivity contribution is 0.152. The fourth-order valence-corrected chi connectivity index (χ4v) is 2.53. The van der Waals surface area contributed by atoms with Gasteiger partial charge in [0.15, 0.2) is 5.96 Å². The third-order valence-corrected chi connectivity index (χ3v) is 3.59. The quantitative estimate of drug-likeness (QED) is 0.332. The van der Waals surface area contributed by atoms with E-state index >= 15 is 0 Å². The summed E-state index contributed by atoms with van der Waals surface area (Å²) in [6.07, 6.45) is 3.76. The van der Waals surface area contributed by atoms with E-state index in [1.165, 1.54) is 36.0 Å². The van der Waals surface area contributed by atoms with E-state index in [9.17, 15) is 0 Å². The Hall–Kier alpha value is -0.820. The highest BCUT2D eigenvalue weighted by Gasteiger charge is 2.10. The van der Waals surface area contributed by atoms with E-state index in [1.54, 1.807) is 7.05 Å². The van der Waals surface area contributed by atoms with Crippen LogP contribution in [0.5, 0.6) is 0 Å². The number of guanidine groups is 1. The molecule has 1 aliphatic rings. The van der Waals surface area contributed by atoms with Crippen LogP contribution in [0.4, 0.5) is 0 Å². The lowest BCUT2D eigenvalue weighted by atomic mass is 10.1. The molecule has 0 aliphatic heterocycles. The van der Waals surface area contributed by atoms with Crippen molar-refractivity contribution in [3.63, 3.8) is 0 Å². The first-order valence-electron chi connectivity index (χ1n) is 7.46. The summed E-state index contributed by atoms with van der Waals surface area (Å²) in [6.45, 7) is 5.04. The summed E-state index contributed by atoms with van der Waals surface area (Å²) in [5.74, 6) is 0.824. The zero-order chi connectivity index (χ0) is 14.2. The molecular weight excluding hydrogens is 377 g/mol. The third-order valence-electron chi connectivity index (χ3n) is 3.59. The summed E-state index contributed by atoms with van der Waals surface area (Å²) in [6, 6.07) is 6.80. The molecule has 4 nitrogen and oxygen atoms in total. The van der Waals surface area contributed by atoms with Gasteiger partial charge in [0.05, 0.1) is 6.61 Å². The maximum atomic E-state index is 5.30. The Morgan fingerprint density at radius 2 is 2.05 bits per heavy atom. The lowest BCUT2D eigenvalue weighted by Gasteiger charge is -2.12. The molecule has 1 aromatic rings. The van der Waals surface area contributed by atoms with Gasteiger partial charge in [0.1, 0.15) is 0 Å². The zero-order valence-corrected chi connectivity index (χ0v) is 15.3. The van der Waals surface area contributed by atoms with E-state index < -0.39 is 0 Å². The predicted molar refractivity (Wildman–Crippen MR) is 98.6 cm³/mol. The van der Waals surface area contributed by atoms with Gasteiger partial charge in [-0.15, -0.1) is 24.0 Å². The fraction of sp³-hybridized carbons (Fsp3) is 0.562. The minimum atomic E-state index is 0. The second-order valence-corrected chi connectivity index (χ2v) is 5.01. The van der Waals surface area contributed by atoms with Crippen molar-refractivity contribution in [3.05, 3.63) is 34.9 Å². The number of hydrogen-bond acceptors (Lipinski definition) is 2. The Morgan fingerprint density at radius 1 is 1.24 bits per heavy atom. The van der Waals surface area contributed by atoms with Gasteiger partial charge in [-0.3, -0.25) is 4.99 Å². The van der Waals surface area contributed by atoms with Crippen LogP contribution in [0.3, 0.4) is 0 Å². The Labute approximate surface area is 144 Å². The van der Waals surface area contributed by atoms with Crippen LogP contribution in [0.15, 0.2) is 23.2 Å². The summed E-state index contributed by atoms with van der Waals surface area (Å²) in [5.41, 5.74) is 4.36. The van der Waals surface area contributed by atoms with Gasteiger partial charge >= 0.3 is 0 Å². The van der Waals surface area contributed by atoms with E-state index in [2.05, 4.69) is 33.8 Å². The van der Waals surface area contributed by atoms with Crippen molar-refractivity contribution in [1.29, 1.82) is 0 Å². The number of benzene rings is 1. The van der Waals surface area contributed by atoms with Gasteiger partial charge in [0.2, 0.25) is 0 Å². The molecule has 0 aromatic heterocycles. The van der Waals surface area contributed by atoms with Crippen LogP contribution in [0.25, 0.3) is 0 Å². The number of fused-ring (bicyclic) bond motifs is 1. The zero-order valence-electron chi connectivity index (χ0n) is 12.9. The SMILES string of the molecule is CCOCCNC(=NC)NCc1ccc2c(c1)CCC2.I. The van der Waals surface area contributed by atoms with Crippen molar-refractivity contribution < 1.29 is 4.74 Å². The van der Waals surface area contributed by atoms with Gasteiger partial charge in [-0.05, 0) is 42.9 Å². The topological polar surface area (TPSA) is 45.6 Å². The van der Waals surface area contributed by atoms with Gasteiger partial charge in [-0.1, -0.05) is 18.2 Å². The van der Waals surface area contributed by atoms with E-state index in [0.717, 1.165) is 25.7 Å².